The number of thioether (sulfide) groups is 1. The molecule has 0 aliphatic carbocycles. The largest absolute Gasteiger partial charge is 0.493 e. The second kappa shape index (κ2) is 14.0. The molecule has 5 aromatic rings. The highest BCUT2D eigenvalue weighted by Gasteiger charge is 2.37. The molecule has 0 radical (unpaired) electrons. The van der Waals surface area contributed by atoms with Gasteiger partial charge in [0.1, 0.15) is 6.54 Å². The molecule has 0 atom stereocenters. The molecule has 13 nitrogen and oxygen atoms in total. The van der Waals surface area contributed by atoms with E-state index in [1.807, 2.05) is 24.3 Å². The van der Waals surface area contributed by atoms with Gasteiger partial charge in [0.25, 0.3) is 16.7 Å². The first-order chi connectivity index (χ1) is 24.9. The molecule has 0 spiro atoms. The fourth-order valence-corrected chi connectivity index (χ4v) is 7.47. The van der Waals surface area contributed by atoms with Gasteiger partial charge in [-0.2, -0.15) is 4.98 Å². The molecule has 2 aliphatic heterocycles. The van der Waals surface area contributed by atoms with Crippen molar-refractivity contribution in [1.29, 1.82) is 0 Å². The topological polar surface area (TPSA) is 138 Å². The highest BCUT2D eigenvalue weighted by molar-refractivity contribution is 8.18. The normalized spacial score (nSPS) is 15.1. The van der Waals surface area contributed by atoms with Gasteiger partial charge in [-0.15, -0.1) is 0 Å². The number of imidazole rings is 1. The summed E-state index contributed by atoms with van der Waals surface area (Å²) in [6.07, 6.45) is 2.24. The van der Waals surface area contributed by atoms with Gasteiger partial charge < -0.3 is 14.4 Å². The minimum absolute atomic E-state index is 0.0200. The molecule has 3 amide bonds. The molecule has 266 valence electrons. The van der Waals surface area contributed by atoms with E-state index in [9.17, 15) is 24.0 Å². The van der Waals surface area contributed by atoms with E-state index in [1.54, 1.807) is 41.3 Å². The van der Waals surface area contributed by atoms with Gasteiger partial charge in [-0.3, -0.25) is 37.8 Å². The van der Waals surface area contributed by atoms with Crippen molar-refractivity contribution in [2.75, 3.05) is 20.2 Å². The van der Waals surface area contributed by atoms with Crippen molar-refractivity contribution in [1.82, 2.24) is 28.5 Å². The van der Waals surface area contributed by atoms with Gasteiger partial charge in [0.05, 0.1) is 18.6 Å². The van der Waals surface area contributed by atoms with Crippen molar-refractivity contribution in [3.05, 3.63) is 119 Å². The van der Waals surface area contributed by atoms with Crippen molar-refractivity contribution >= 4 is 69.3 Å². The number of carbonyl (C=O) groups is 3. The van der Waals surface area contributed by atoms with Gasteiger partial charge in [-0.05, 0) is 70.8 Å². The smallest absolute Gasteiger partial charge is 0.332 e. The van der Waals surface area contributed by atoms with E-state index >= 15 is 0 Å². The fourth-order valence-electron chi connectivity index (χ4n) is 6.16. The SMILES string of the molecule is COc1cc(/C=C2\SC(=O)N(CC(=O)N3CCc4ccccc4C3)C2=O)ccc1Oc1nc2c(c(=O)n(C)c(=O)n2C)n1Cc1ccc(Cl)cc1Cl. The maximum atomic E-state index is 13.4. The van der Waals surface area contributed by atoms with Crippen LogP contribution in [-0.4, -0.2) is 65.7 Å². The number of halogens is 2. The van der Waals surface area contributed by atoms with E-state index in [4.69, 9.17) is 32.7 Å². The Morgan fingerprint density at radius 3 is 2.48 bits per heavy atom. The van der Waals surface area contributed by atoms with Crippen LogP contribution >= 0.6 is 35.0 Å². The molecular formula is C36H30Cl2N6O7S. The lowest BCUT2D eigenvalue weighted by Gasteiger charge is -2.29. The Labute approximate surface area is 310 Å². The number of ether oxygens (including phenoxy) is 2. The Balaban J connectivity index is 1.15. The number of hydrogen-bond acceptors (Lipinski definition) is 9. The average molecular weight is 762 g/mol. The molecule has 2 aromatic heterocycles. The maximum absolute atomic E-state index is 13.4. The number of aryl methyl sites for hydroxylation is 1. The van der Waals surface area contributed by atoms with Crippen LogP contribution in [0.5, 0.6) is 17.5 Å². The van der Waals surface area contributed by atoms with Gasteiger partial charge in [-0.25, -0.2) is 4.79 Å². The first kappa shape index (κ1) is 35.1. The van der Waals surface area contributed by atoms with Crippen LogP contribution in [0.1, 0.15) is 22.3 Å². The summed E-state index contributed by atoms with van der Waals surface area (Å²) >= 11 is 13.3. The lowest BCUT2D eigenvalue weighted by Crippen LogP contribution is -2.44. The summed E-state index contributed by atoms with van der Waals surface area (Å²) in [6, 6.07) is 17.7. The number of methoxy groups -OCH3 is 1. The first-order valence-corrected chi connectivity index (χ1v) is 17.6. The summed E-state index contributed by atoms with van der Waals surface area (Å²) < 4.78 is 15.6. The number of rotatable bonds is 8. The van der Waals surface area contributed by atoms with Gasteiger partial charge in [0.2, 0.25) is 5.91 Å². The second-order valence-electron chi connectivity index (χ2n) is 12.2. The minimum Gasteiger partial charge on any atom is -0.493 e. The van der Waals surface area contributed by atoms with E-state index in [-0.39, 0.29) is 52.6 Å². The predicted molar refractivity (Wildman–Crippen MR) is 197 cm³/mol. The predicted octanol–water partition coefficient (Wildman–Crippen LogP) is 5.21. The molecule has 0 unspecified atom stereocenters. The number of carbonyl (C=O) groups excluding carboxylic acids is 3. The summed E-state index contributed by atoms with van der Waals surface area (Å²) in [7, 11) is 4.31. The number of amides is 3. The van der Waals surface area contributed by atoms with Crippen molar-refractivity contribution in [2.45, 2.75) is 19.5 Å². The summed E-state index contributed by atoms with van der Waals surface area (Å²) in [5.74, 6) is -0.411. The quantitative estimate of drug-likeness (QED) is 0.195. The molecule has 52 heavy (non-hydrogen) atoms. The van der Waals surface area contributed by atoms with Crippen LogP contribution in [0.3, 0.4) is 0 Å². The highest BCUT2D eigenvalue weighted by atomic mass is 35.5. The molecule has 3 aromatic carbocycles. The van der Waals surface area contributed by atoms with Crippen LogP contribution in [0.2, 0.25) is 10.0 Å². The number of imide groups is 1. The third-order valence-electron chi connectivity index (χ3n) is 8.99. The van der Waals surface area contributed by atoms with E-state index in [2.05, 4.69) is 4.98 Å². The molecule has 7 rings (SSSR count). The molecule has 4 heterocycles. The monoisotopic (exact) mass is 760 g/mol. The molecule has 1 saturated heterocycles. The van der Waals surface area contributed by atoms with E-state index in [0.29, 0.717) is 40.7 Å². The maximum Gasteiger partial charge on any atom is 0.332 e. The van der Waals surface area contributed by atoms with E-state index in [1.165, 1.54) is 42.0 Å². The number of benzene rings is 3. The summed E-state index contributed by atoms with van der Waals surface area (Å²) in [5, 5.41) is 0.259. The van der Waals surface area contributed by atoms with E-state index < -0.39 is 22.4 Å². The van der Waals surface area contributed by atoms with E-state index in [0.717, 1.165) is 26.8 Å². The number of aromatic nitrogens is 4. The third-order valence-corrected chi connectivity index (χ3v) is 10.5. The van der Waals surface area contributed by atoms with Crippen LogP contribution in [0.15, 0.2) is 75.2 Å². The van der Waals surface area contributed by atoms with Crippen molar-refractivity contribution in [3.8, 4) is 17.5 Å². The lowest BCUT2D eigenvalue weighted by atomic mass is 10.00. The van der Waals surface area contributed by atoms with Crippen LogP contribution in [-0.2, 0) is 43.2 Å². The molecule has 1 fully saturated rings. The van der Waals surface area contributed by atoms with Crippen LogP contribution in [0, 0.1) is 0 Å². The Hall–Kier alpha value is -5.31. The molecular weight excluding hydrogens is 731 g/mol. The van der Waals surface area contributed by atoms with Crippen molar-refractivity contribution in [2.24, 2.45) is 14.1 Å². The Bertz CT molecular complexity index is 2470. The summed E-state index contributed by atoms with van der Waals surface area (Å²) in [6.45, 7) is 0.641. The van der Waals surface area contributed by atoms with Crippen LogP contribution in [0.4, 0.5) is 4.79 Å². The lowest BCUT2D eigenvalue weighted by molar-refractivity contribution is -0.136. The number of hydrogen-bond donors (Lipinski definition) is 0. The van der Waals surface area contributed by atoms with Gasteiger partial charge >= 0.3 is 11.7 Å². The van der Waals surface area contributed by atoms with Crippen molar-refractivity contribution < 1.29 is 23.9 Å². The third kappa shape index (κ3) is 6.49. The van der Waals surface area contributed by atoms with Gasteiger partial charge in [0, 0.05) is 37.2 Å². The molecule has 16 heteroatoms. The van der Waals surface area contributed by atoms with Crippen LogP contribution in [0.25, 0.3) is 17.2 Å². The Kier molecular flexibility index (Phi) is 9.46. The fraction of sp³-hybridized carbons (Fsp3) is 0.222. The summed E-state index contributed by atoms with van der Waals surface area (Å²) in [5.41, 5.74) is 2.44. The highest BCUT2D eigenvalue weighted by Crippen LogP contribution is 2.37. The molecule has 2 aliphatic rings. The minimum atomic E-state index is -0.579. The molecule has 0 bridgehead atoms. The zero-order valence-corrected chi connectivity index (χ0v) is 30.4. The van der Waals surface area contributed by atoms with Gasteiger partial charge in [0.15, 0.2) is 22.7 Å². The van der Waals surface area contributed by atoms with Gasteiger partial charge in [-0.1, -0.05) is 59.6 Å². The standard InChI is InChI=1S/C36H30Cl2N6O7S/c1-40-31-30(33(47)41(2)35(40)48)43(18-23-9-10-24(37)16-25(23)38)34(39-31)51-26-11-8-20(14-27(26)50-3)15-28-32(46)44(36(49)52-28)19-29(45)42-13-12-21-6-4-5-7-22(21)17-42/h4-11,14-16H,12-13,17-19H2,1-3H3/b28-15-. The zero-order valence-electron chi connectivity index (χ0n) is 28.1. The number of nitrogens with zero attached hydrogens (tertiary/aromatic N) is 6. The number of fused-ring (bicyclic) bond motifs is 2. The Morgan fingerprint density at radius 2 is 1.73 bits per heavy atom. The first-order valence-electron chi connectivity index (χ1n) is 16.0. The summed E-state index contributed by atoms with van der Waals surface area (Å²) in [4.78, 5) is 72.8. The molecule has 0 saturated carbocycles. The van der Waals surface area contributed by atoms with Crippen LogP contribution < -0.4 is 20.7 Å². The molecule has 0 N–H and O–H groups in total. The average Bonchev–Trinajstić information content (AvgIpc) is 3.62. The second-order valence-corrected chi connectivity index (χ2v) is 14.0. The Morgan fingerprint density at radius 1 is 0.962 bits per heavy atom. The zero-order chi connectivity index (χ0) is 36.8. The van der Waals surface area contributed by atoms with Crippen molar-refractivity contribution in [3.63, 3.8) is 0 Å².